The molecule has 1 amide bonds. The molecule has 0 bridgehead atoms. The van der Waals surface area contributed by atoms with E-state index in [9.17, 15) is 9.59 Å². The third-order valence-electron chi connectivity index (χ3n) is 2.06. The molecule has 0 radical (unpaired) electrons. The summed E-state index contributed by atoms with van der Waals surface area (Å²) < 4.78 is 0. The zero-order valence-electron chi connectivity index (χ0n) is 8.58. The molecule has 0 unspecified atom stereocenters. The quantitative estimate of drug-likeness (QED) is 0.871. The molecule has 2 rings (SSSR count). The number of anilines is 1. The molecule has 0 aliphatic carbocycles. The highest BCUT2D eigenvalue weighted by molar-refractivity contribution is 7.11. The fraction of sp³-hybridized carbons (Fsp3) is 0. The molecule has 86 valence electrons. The number of carboxylic acid groups (broad SMARTS) is 1. The van der Waals surface area contributed by atoms with E-state index in [0.29, 0.717) is 4.88 Å². The number of carbonyl (C=O) groups is 2. The van der Waals surface area contributed by atoms with Gasteiger partial charge in [-0.2, -0.15) is 0 Å². The number of para-hydroxylation sites is 1. The van der Waals surface area contributed by atoms with Crippen molar-refractivity contribution in [1.82, 2.24) is 4.98 Å². The van der Waals surface area contributed by atoms with Gasteiger partial charge in [0.1, 0.15) is 4.88 Å². The van der Waals surface area contributed by atoms with Crippen LogP contribution in [0.15, 0.2) is 36.0 Å². The number of amides is 1. The van der Waals surface area contributed by atoms with Gasteiger partial charge in [0.15, 0.2) is 0 Å². The first kappa shape index (κ1) is 11.3. The second kappa shape index (κ2) is 4.75. The number of nitrogens with zero attached hydrogens (tertiary/aromatic N) is 1. The maximum atomic E-state index is 11.7. The highest BCUT2D eigenvalue weighted by Crippen LogP contribution is 2.17. The van der Waals surface area contributed by atoms with Crippen molar-refractivity contribution in [3.63, 3.8) is 0 Å². The number of carboxylic acids is 1. The van der Waals surface area contributed by atoms with Crippen molar-refractivity contribution < 1.29 is 14.7 Å². The van der Waals surface area contributed by atoms with Crippen LogP contribution in [-0.4, -0.2) is 22.0 Å². The van der Waals surface area contributed by atoms with Gasteiger partial charge < -0.3 is 10.4 Å². The van der Waals surface area contributed by atoms with Crippen molar-refractivity contribution in [1.29, 1.82) is 0 Å². The Morgan fingerprint density at radius 1 is 1.29 bits per heavy atom. The SMILES string of the molecule is O=C(Nc1ccccc1C(=O)O)c1cncs1. The Labute approximate surface area is 101 Å². The Hall–Kier alpha value is -2.21. The molecule has 0 aliphatic heterocycles. The van der Waals surface area contributed by atoms with E-state index in [-0.39, 0.29) is 17.2 Å². The van der Waals surface area contributed by atoms with E-state index < -0.39 is 5.97 Å². The molecule has 2 aromatic rings. The van der Waals surface area contributed by atoms with Gasteiger partial charge in [0.05, 0.1) is 23.0 Å². The van der Waals surface area contributed by atoms with Gasteiger partial charge in [-0.05, 0) is 12.1 Å². The van der Waals surface area contributed by atoms with E-state index in [1.54, 1.807) is 18.2 Å². The lowest BCUT2D eigenvalue weighted by atomic mass is 10.2. The van der Waals surface area contributed by atoms with E-state index in [1.165, 1.54) is 29.1 Å². The van der Waals surface area contributed by atoms with Gasteiger partial charge >= 0.3 is 5.97 Å². The molecule has 1 heterocycles. The molecular formula is C11H8N2O3S. The topological polar surface area (TPSA) is 79.3 Å². The minimum atomic E-state index is -1.08. The van der Waals surface area contributed by atoms with Gasteiger partial charge in [0, 0.05) is 0 Å². The number of rotatable bonds is 3. The number of carbonyl (C=O) groups excluding carboxylic acids is 1. The normalized spacial score (nSPS) is 9.88. The molecule has 0 spiro atoms. The van der Waals surface area contributed by atoms with Crippen LogP contribution in [0.2, 0.25) is 0 Å². The van der Waals surface area contributed by atoms with Crippen molar-refractivity contribution in [3.8, 4) is 0 Å². The van der Waals surface area contributed by atoms with Gasteiger partial charge in [-0.25, -0.2) is 4.79 Å². The molecule has 0 saturated heterocycles. The zero-order chi connectivity index (χ0) is 12.3. The molecule has 1 aromatic carbocycles. The smallest absolute Gasteiger partial charge is 0.337 e. The monoisotopic (exact) mass is 248 g/mol. The number of aromatic nitrogens is 1. The van der Waals surface area contributed by atoms with Gasteiger partial charge in [-0.1, -0.05) is 12.1 Å². The molecule has 17 heavy (non-hydrogen) atoms. The largest absolute Gasteiger partial charge is 0.478 e. The zero-order valence-corrected chi connectivity index (χ0v) is 9.40. The van der Waals surface area contributed by atoms with Crippen molar-refractivity contribution in [2.45, 2.75) is 0 Å². The van der Waals surface area contributed by atoms with E-state index >= 15 is 0 Å². The average molecular weight is 248 g/mol. The second-order valence-corrected chi connectivity index (χ2v) is 4.06. The number of hydrogen-bond donors (Lipinski definition) is 2. The van der Waals surface area contributed by atoms with Crippen molar-refractivity contribution >= 4 is 28.9 Å². The minimum absolute atomic E-state index is 0.0605. The lowest BCUT2D eigenvalue weighted by Gasteiger charge is -2.06. The van der Waals surface area contributed by atoms with E-state index in [4.69, 9.17) is 5.11 Å². The van der Waals surface area contributed by atoms with Gasteiger partial charge in [-0.15, -0.1) is 11.3 Å². The number of thiazole rings is 1. The Bertz CT molecular complexity index is 552. The predicted molar refractivity (Wildman–Crippen MR) is 63.5 cm³/mol. The van der Waals surface area contributed by atoms with Crippen LogP contribution in [0, 0.1) is 0 Å². The molecule has 0 aliphatic rings. The summed E-state index contributed by atoms with van der Waals surface area (Å²) in [7, 11) is 0. The summed E-state index contributed by atoms with van der Waals surface area (Å²) in [6.45, 7) is 0. The maximum absolute atomic E-state index is 11.7. The highest BCUT2D eigenvalue weighted by atomic mass is 32.1. The molecule has 0 atom stereocenters. The van der Waals surface area contributed by atoms with Crippen LogP contribution >= 0.6 is 11.3 Å². The number of aromatic carboxylic acids is 1. The van der Waals surface area contributed by atoms with Gasteiger partial charge in [-0.3, -0.25) is 9.78 Å². The minimum Gasteiger partial charge on any atom is -0.478 e. The first-order valence-corrected chi connectivity index (χ1v) is 5.58. The van der Waals surface area contributed by atoms with Crippen LogP contribution in [0.3, 0.4) is 0 Å². The molecule has 1 aromatic heterocycles. The third-order valence-corrected chi connectivity index (χ3v) is 2.83. The van der Waals surface area contributed by atoms with Crippen molar-refractivity contribution in [2.24, 2.45) is 0 Å². The van der Waals surface area contributed by atoms with E-state index in [1.807, 2.05) is 0 Å². The molecule has 5 nitrogen and oxygen atoms in total. The Morgan fingerprint density at radius 2 is 2.06 bits per heavy atom. The van der Waals surface area contributed by atoms with Crippen molar-refractivity contribution in [3.05, 3.63) is 46.4 Å². The third kappa shape index (κ3) is 2.48. The van der Waals surface area contributed by atoms with E-state index in [0.717, 1.165) is 0 Å². The predicted octanol–water partition coefficient (Wildman–Crippen LogP) is 2.09. The van der Waals surface area contributed by atoms with Crippen LogP contribution in [0.4, 0.5) is 5.69 Å². The Kier molecular flexibility index (Phi) is 3.15. The first-order valence-electron chi connectivity index (χ1n) is 4.70. The fourth-order valence-corrected chi connectivity index (χ4v) is 1.81. The van der Waals surface area contributed by atoms with Crippen LogP contribution in [0.5, 0.6) is 0 Å². The van der Waals surface area contributed by atoms with Crippen LogP contribution in [-0.2, 0) is 0 Å². The average Bonchev–Trinajstić information content (AvgIpc) is 2.83. The molecule has 2 N–H and O–H groups in total. The van der Waals surface area contributed by atoms with Crippen LogP contribution < -0.4 is 5.32 Å². The number of hydrogen-bond acceptors (Lipinski definition) is 4. The fourth-order valence-electron chi connectivity index (χ4n) is 1.29. The van der Waals surface area contributed by atoms with Crippen LogP contribution in [0.1, 0.15) is 20.0 Å². The van der Waals surface area contributed by atoms with Gasteiger partial charge in [0.25, 0.3) is 5.91 Å². The summed E-state index contributed by atoms with van der Waals surface area (Å²) in [4.78, 5) is 26.9. The van der Waals surface area contributed by atoms with Gasteiger partial charge in [0.2, 0.25) is 0 Å². The Balaban J connectivity index is 2.25. The standard InChI is InChI=1S/C11H8N2O3S/c14-10(9-5-12-6-17-9)13-8-4-2-1-3-7(8)11(15)16/h1-6H,(H,13,14)(H,15,16). The molecule has 6 heteroatoms. The summed E-state index contributed by atoms with van der Waals surface area (Å²) in [5, 5.41) is 11.5. The molecular weight excluding hydrogens is 240 g/mol. The maximum Gasteiger partial charge on any atom is 0.337 e. The Morgan fingerprint density at radius 3 is 2.71 bits per heavy atom. The lowest BCUT2D eigenvalue weighted by molar-refractivity contribution is 0.0698. The molecule has 0 fully saturated rings. The second-order valence-electron chi connectivity index (χ2n) is 3.17. The lowest BCUT2D eigenvalue weighted by Crippen LogP contribution is -2.13. The summed E-state index contributed by atoms with van der Waals surface area (Å²) in [5.74, 6) is -1.44. The summed E-state index contributed by atoms with van der Waals surface area (Å²) in [6, 6.07) is 6.24. The highest BCUT2D eigenvalue weighted by Gasteiger charge is 2.13. The number of benzene rings is 1. The first-order chi connectivity index (χ1) is 8.18. The summed E-state index contributed by atoms with van der Waals surface area (Å²) in [5.41, 5.74) is 1.88. The van der Waals surface area contributed by atoms with Crippen LogP contribution in [0.25, 0.3) is 0 Å². The summed E-state index contributed by atoms with van der Waals surface area (Å²) >= 11 is 1.19. The molecule has 0 saturated carbocycles. The summed E-state index contributed by atoms with van der Waals surface area (Å²) in [6.07, 6.45) is 1.43. The number of nitrogens with one attached hydrogen (secondary N) is 1. The van der Waals surface area contributed by atoms with E-state index in [2.05, 4.69) is 10.3 Å². The van der Waals surface area contributed by atoms with Crippen molar-refractivity contribution in [2.75, 3.05) is 5.32 Å².